The van der Waals surface area contributed by atoms with Crippen LogP contribution in [0.1, 0.15) is 66.2 Å². The van der Waals surface area contributed by atoms with Gasteiger partial charge in [-0.2, -0.15) is 0 Å². The van der Waals surface area contributed by atoms with Gasteiger partial charge in [-0.3, -0.25) is 4.79 Å². The zero-order valence-corrected chi connectivity index (χ0v) is 13.9. The van der Waals surface area contributed by atoms with Crippen molar-refractivity contribution >= 4 is 5.91 Å². The minimum Gasteiger partial charge on any atom is -0.356 e. The molecule has 1 aliphatic carbocycles. The van der Waals surface area contributed by atoms with Crippen LogP contribution in [-0.4, -0.2) is 25.0 Å². The monoisotopic (exact) mass is 282 g/mol. The Morgan fingerprint density at radius 2 is 1.85 bits per heavy atom. The molecule has 1 amide bonds. The maximum Gasteiger partial charge on any atom is 0.221 e. The van der Waals surface area contributed by atoms with Crippen molar-refractivity contribution in [2.24, 2.45) is 17.8 Å². The van der Waals surface area contributed by atoms with Gasteiger partial charge < -0.3 is 10.6 Å². The van der Waals surface area contributed by atoms with Gasteiger partial charge in [0.15, 0.2) is 0 Å². The standard InChI is InChI=1S/C17H34N2O/c1-13(2)12-19-17(20)10-11-18-16-7-5-6-15(8-9-16)14(3)4/h13-16,18H,5-12H2,1-4H3,(H,19,20). The first-order valence-corrected chi connectivity index (χ1v) is 8.49. The van der Waals surface area contributed by atoms with E-state index in [1.54, 1.807) is 0 Å². The molecule has 0 bridgehead atoms. The molecule has 1 saturated carbocycles. The molecule has 3 nitrogen and oxygen atoms in total. The predicted molar refractivity (Wildman–Crippen MR) is 85.7 cm³/mol. The Kier molecular flexibility index (Phi) is 8.20. The number of amides is 1. The molecular weight excluding hydrogens is 248 g/mol. The van der Waals surface area contributed by atoms with Crippen LogP contribution in [-0.2, 0) is 4.79 Å². The molecule has 0 spiro atoms. The van der Waals surface area contributed by atoms with Crippen molar-refractivity contribution in [3.05, 3.63) is 0 Å². The lowest BCUT2D eigenvalue weighted by Gasteiger charge is -2.19. The fraction of sp³-hybridized carbons (Fsp3) is 0.941. The molecule has 2 atom stereocenters. The van der Waals surface area contributed by atoms with Crippen LogP contribution < -0.4 is 10.6 Å². The fourth-order valence-electron chi connectivity index (χ4n) is 3.00. The molecule has 0 aromatic carbocycles. The van der Waals surface area contributed by atoms with E-state index in [1.807, 2.05) is 0 Å². The Bertz CT molecular complexity index is 276. The SMILES string of the molecule is CC(C)CNC(=O)CCNC1CCCC(C(C)C)CC1. The first-order valence-electron chi connectivity index (χ1n) is 8.49. The number of hydrogen-bond acceptors (Lipinski definition) is 2. The Morgan fingerprint density at radius 3 is 2.50 bits per heavy atom. The van der Waals surface area contributed by atoms with E-state index in [2.05, 4.69) is 38.3 Å². The van der Waals surface area contributed by atoms with Crippen molar-refractivity contribution < 1.29 is 4.79 Å². The van der Waals surface area contributed by atoms with Crippen molar-refractivity contribution in [2.75, 3.05) is 13.1 Å². The van der Waals surface area contributed by atoms with Crippen LogP contribution >= 0.6 is 0 Å². The molecule has 118 valence electrons. The van der Waals surface area contributed by atoms with Gasteiger partial charge in [-0.15, -0.1) is 0 Å². The highest BCUT2D eigenvalue weighted by Crippen LogP contribution is 2.28. The normalized spacial score (nSPS) is 23.9. The van der Waals surface area contributed by atoms with Gasteiger partial charge in [0.25, 0.3) is 0 Å². The van der Waals surface area contributed by atoms with Crippen molar-refractivity contribution in [1.82, 2.24) is 10.6 Å². The largest absolute Gasteiger partial charge is 0.356 e. The molecule has 3 heteroatoms. The fourth-order valence-corrected chi connectivity index (χ4v) is 3.00. The molecule has 1 rings (SSSR count). The molecule has 0 saturated heterocycles. The van der Waals surface area contributed by atoms with E-state index in [1.165, 1.54) is 32.1 Å². The van der Waals surface area contributed by atoms with Crippen molar-refractivity contribution in [1.29, 1.82) is 0 Å². The third-order valence-corrected chi connectivity index (χ3v) is 4.45. The summed E-state index contributed by atoms with van der Waals surface area (Å²) in [6.45, 7) is 10.5. The number of rotatable bonds is 7. The average molecular weight is 282 g/mol. The van der Waals surface area contributed by atoms with Crippen molar-refractivity contribution in [3.63, 3.8) is 0 Å². The number of carbonyl (C=O) groups is 1. The molecule has 1 fully saturated rings. The number of hydrogen-bond donors (Lipinski definition) is 2. The molecular formula is C17H34N2O. The van der Waals surface area contributed by atoms with Gasteiger partial charge in [-0.05, 0) is 37.0 Å². The zero-order valence-electron chi connectivity index (χ0n) is 13.9. The molecule has 1 aliphatic rings. The quantitative estimate of drug-likeness (QED) is 0.703. The first kappa shape index (κ1) is 17.5. The maximum absolute atomic E-state index is 11.6. The summed E-state index contributed by atoms with van der Waals surface area (Å²) in [6, 6.07) is 0.622. The van der Waals surface area contributed by atoms with Gasteiger partial charge in [0.1, 0.15) is 0 Å². The maximum atomic E-state index is 11.6. The van der Waals surface area contributed by atoms with Crippen LogP contribution in [0, 0.1) is 17.8 Å². The lowest BCUT2D eigenvalue weighted by Crippen LogP contribution is -2.34. The summed E-state index contributed by atoms with van der Waals surface area (Å²) in [4.78, 5) is 11.6. The summed E-state index contributed by atoms with van der Waals surface area (Å²) < 4.78 is 0. The predicted octanol–water partition coefficient (Wildman–Crippen LogP) is 3.34. The number of nitrogens with one attached hydrogen (secondary N) is 2. The van der Waals surface area contributed by atoms with Gasteiger partial charge in [-0.1, -0.05) is 40.5 Å². The minimum absolute atomic E-state index is 0.180. The van der Waals surface area contributed by atoms with E-state index in [4.69, 9.17) is 0 Å². The average Bonchev–Trinajstić information content (AvgIpc) is 2.62. The Balaban J connectivity index is 2.14. The van der Waals surface area contributed by atoms with Gasteiger partial charge in [-0.25, -0.2) is 0 Å². The van der Waals surface area contributed by atoms with E-state index < -0.39 is 0 Å². The second-order valence-corrected chi connectivity index (χ2v) is 7.11. The Morgan fingerprint density at radius 1 is 1.10 bits per heavy atom. The van der Waals surface area contributed by atoms with Crippen molar-refractivity contribution in [2.45, 2.75) is 72.3 Å². The summed E-state index contributed by atoms with van der Waals surface area (Å²) in [5.74, 6) is 2.42. The van der Waals surface area contributed by atoms with Crippen LogP contribution in [0.3, 0.4) is 0 Å². The van der Waals surface area contributed by atoms with Crippen molar-refractivity contribution in [3.8, 4) is 0 Å². The number of carbonyl (C=O) groups excluding carboxylic acids is 1. The van der Waals surface area contributed by atoms with E-state index in [-0.39, 0.29) is 5.91 Å². The molecule has 2 N–H and O–H groups in total. The third-order valence-electron chi connectivity index (χ3n) is 4.45. The topological polar surface area (TPSA) is 41.1 Å². The first-order chi connectivity index (χ1) is 9.49. The molecule has 0 aromatic heterocycles. The van der Waals surface area contributed by atoms with Crippen LogP contribution in [0.2, 0.25) is 0 Å². The van der Waals surface area contributed by atoms with Crippen LogP contribution in [0.25, 0.3) is 0 Å². The van der Waals surface area contributed by atoms with Gasteiger partial charge in [0, 0.05) is 25.6 Å². The minimum atomic E-state index is 0.180. The van der Waals surface area contributed by atoms with Crippen LogP contribution in [0.15, 0.2) is 0 Å². The molecule has 0 heterocycles. The smallest absolute Gasteiger partial charge is 0.221 e. The summed E-state index contributed by atoms with van der Waals surface area (Å²) in [5.41, 5.74) is 0. The van der Waals surface area contributed by atoms with E-state index >= 15 is 0 Å². The van der Waals surface area contributed by atoms with Crippen LogP contribution in [0.5, 0.6) is 0 Å². The second-order valence-electron chi connectivity index (χ2n) is 7.11. The molecule has 2 unspecified atom stereocenters. The lowest BCUT2D eigenvalue weighted by atomic mass is 9.89. The Hall–Kier alpha value is -0.570. The highest BCUT2D eigenvalue weighted by atomic mass is 16.1. The molecule has 0 aromatic rings. The summed E-state index contributed by atoms with van der Waals surface area (Å²) in [5, 5.41) is 6.55. The van der Waals surface area contributed by atoms with E-state index in [9.17, 15) is 4.79 Å². The molecule has 0 aliphatic heterocycles. The summed E-state index contributed by atoms with van der Waals surface area (Å²) in [6.07, 6.45) is 7.21. The van der Waals surface area contributed by atoms with Gasteiger partial charge >= 0.3 is 0 Å². The van der Waals surface area contributed by atoms with E-state index in [0.717, 1.165) is 24.9 Å². The summed E-state index contributed by atoms with van der Waals surface area (Å²) in [7, 11) is 0. The highest BCUT2D eigenvalue weighted by molar-refractivity contribution is 5.76. The lowest BCUT2D eigenvalue weighted by molar-refractivity contribution is -0.121. The Labute approximate surface area is 125 Å². The molecule has 20 heavy (non-hydrogen) atoms. The van der Waals surface area contributed by atoms with Gasteiger partial charge in [0.2, 0.25) is 5.91 Å². The zero-order chi connectivity index (χ0) is 15.0. The van der Waals surface area contributed by atoms with E-state index in [0.29, 0.717) is 18.4 Å². The third kappa shape index (κ3) is 7.28. The van der Waals surface area contributed by atoms with Gasteiger partial charge in [0.05, 0.1) is 0 Å². The highest BCUT2D eigenvalue weighted by Gasteiger charge is 2.20. The summed E-state index contributed by atoms with van der Waals surface area (Å²) >= 11 is 0. The molecule has 0 radical (unpaired) electrons. The van der Waals surface area contributed by atoms with Crippen LogP contribution in [0.4, 0.5) is 0 Å². The second kappa shape index (κ2) is 9.38.